The van der Waals surface area contributed by atoms with E-state index in [1.54, 1.807) is 12.4 Å². The summed E-state index contributed by atoms with van der Waals surface area (Å²) < 4.78 is 0. The zero-order valence-corrected chi connectivity index (χ0v) is 14.9. The molecule has 1 fully saturated rings. The normalized spacial score (nSPS) is 14.7. The van der Waals surface area contributed by atoms with Gasteiger partial charge in [-0.2, -0.15) is 0 Å². The van der Waals surface area contributed by atoms with Crippen LogP contribution in [0.3, 0.4) is 0 Å². The molecule has 0 aliphatic carbocycles. The van der Waals surface area contributed by atoms with Gasteiger partial charge in [-0.15, -0.1) is 0 Å². The van der Waals surface area contributed by atoms with E-state index < -0.39 is 0 Å². The van der Waals surface area contributed by atoms with Crippen LogP contribution < -0.4 is 15.1 Å². The number of aromatic nitrogens is 2. The average molecular weight is 339 g/mol. The van der Waals surface area contributed by atoms with Gasteiger partial charge in [0.15, 0.2) is 0 Å². The molecule has 1 aromatic heterocycles. The van der Waals surface area contributed by atoms with E-state index in [1.165, 1.54) is 25.7 Å². The van der Waals surface area contributed by atoms with E-state index in [1.807, 2.05) is 43.3 Å². The number of rotatable bonds is 4. The quantitative estimate of drug-likeness (QED) is 0.927. The van der Waals surface area contributed by atoms with Gasteiger partial charge in [-0.05, 0) is 37.1 Å². The lowest BCUT2D eigenvalue weighted by atomic mass is 10.2. The summed E-state index contributed by atoms with van der Waals surface area (Å²) in [5.74, 6) is 0.612. The van der Waals surface area contributed by atoms with Crippen molar-refractivity contribution in [2.75, 3.05) is 42.3 Å². The first-order valence-corrected chi connectivity index (χ1v) is 8.79. The predicted octanol–water partition coefficient (Wildman–Crippen LogP) is 3.18. The van der Waals surface area contributed by atoms with Crippen LogP contribution in [0.4, 0.5) is 17.2 Å². The fraction of sp³-hybridized carbons (Fsp3) is 0.421. The fourth-order valence-corrected chi connectivity index (χ4v) is 2.94. The summed E-state index contributed by atoms with van der Waals surface area (Å²) in [7, 11) is 3.96. The number of hydrogen-bond donors (Lipinski definition) is 1. The number of amides is 1. The van der Waals surface area contributed by atoms with Crippen molar-refractivity contribution in [3.63, 3.8) is 0 Å². The van der Waals surface area contributed by atoms with Gasteiger partial charge in [0.05, 0.1) is 12.4 Å². The molecule has 0 spiro atoms. The van der Waals surface area contributed by atoms with Crippen molar-refractivity contribution < 1.29 is 4.79 Å². The molecule has 1 aliphatic heterocycles. The van der Waals surface area contributed by atoms with Crippen LogP contribution in [-0.4, -0.2) is 43.1 Å². The second-order valence-corrected chi connectivity index (χ2v) is 6.56. The third-order valence-corrected chi connectivity index (χ3v) is 4.44. The highest BCUT2D eigenvalue weighted by Gasteiger charge is 2.13. The lowest BCUT2D eigenvalue weighted by molar-refractivity contribution is 0.102. The van der Waals surface area contributed by atoms with Gasteiger partial charge in [0.1, 0.15) is 11.5 Å². The Balaban J connectivity index is 1.64. The molecule has 6 heteroatoms. The molecule has 0 atom stereocenters. The number of nitrogens with zero attached hydrogens (tertiary/aromatic N) is 4. The average Bonchev–Trinajstić information content (AvgIpc) is 2.92. The van der Waals surface area contributed by atoms with Gasteiger partial charge in [-0.1, -0.05) is 12.8 Å². The minimum atomic E-state index is -0.243. The van der Waals surface area contributed by atoms with Crippen molar-refractivity contribution in [2.24, 2.45) is 0 Å². The van der Waals surface area contributed by atoms with E-state index in [0.29, 0.717) is 5.69 Å². The molecule has 0 saturated carbocycles. The molecule has 6 nitrogen and oxygen atoms in total. The number of anilines is 3. The Morgan fingerprint density at radius 1 is 1.00 bits per heavy atom. The van der Waals surface area contributed by atoms with E-state index in [4.69, 9.17) is 0 Å². The molecular weight excluding hydrogens is 314 g/mol. The summed E-state index contributed by atoms with van der Waals surface area (Å²) in [6.45, 7) is 2.02. The first kappa shape index (κ1) is 17.2. The fourth-order valence-electron chi connectivity index (χ4n) is 2.94. The minimum absolute atomic E-state index is 0.243. The van der Waals surface area contributed by atoms with E-state index in [2.05, 4.69) is 20.2 Å². The molecule has 1 aliphatic rings. The lowest BCUT2D eigenvalue weighted by Crippen LogP contribution is -2.25. The van der Waals surface area contributed by atoms with Crippen molar-refractivity contribution in [3.05, 3.63) is 42.4 Å². The van der Waals surface area contributed by atoms with Crippen molar-refractivity contribution in [3.8, 4) is 0 Å². The first-order valence-electron chi connectivity index (χ1n) is 8.79. The maximum absolute atomic E-state index is 12.3. The lowest BCUT2D eigenvalue weighted by Gasteiger charge is -2.20. The van der Waals surface area contributed by atoms with Gasteiger partial charge >= 0.3 is 0 Å². The Bertz CT molecular complexity index is 689. The van der Waals surface area contributed by atoms with E-state index in [9.17, 15) is 4.79 Å². The van der Waals surface area contributed by atoms with Gasteiger partial charge in [-0.25, -0.2) is 9.97 Å². The van der Waals surface area contributed by atoms with Gasteiger partial charge < -0.3 is 15.1 Å². The third-order valence-electron chi connectivity index (χ3n) is 4.44. The van der Waals surface area contributed by atoms with Crippen LogP contribution in [0.5, 0.6) is 0 Å². The van der Waals surface area contributed by atoms with Crippen LogP contribution in [0.2, 0.25) is 0 Å². The molecule has 2 heterocycles. The number of nitrogens with one attached hydrogen (secondary N) is 1. The van der Waals surface area contributed by atoms with Gasteiger partial charge in [0.25, 0.3) is 5.91 Å². The summed E-state index contributed by atoms with van der Waals surface area (Å²) >= 11 is 0. The Morgan fingerprint density at radius 2 is 1.68 bits per heavy atom. The minimum Gasteiger partial charge on any atom is -0.378 e. The van der Waals surface area contributed by atoms with Crippen LogP contribution >= 0.6 is 0 Å². The number of carbonyl (C=O) groups excluding carboxylic acids is 1. The van der Waals surface area contributed by atoms with Crippen molar-refractivity contribution >= 4 is 23.1 Å². The highest BCUT2D eigenvalue weighted by molar-refractivity contribution is 6.02. The number of hydrogen-bond acceptors (Lipinski definition) is 5. The summed E-state index contributed by atoms with van der Waals surface area (Å²) in [4.78, 5) is 25.3. The maximum atomic E-state index is 12.3. The monoisotopic (exact) mass is 339 g/mol. The number of benzene rings is 1. The van der Waals surface area contributed by atoms with Crippen molar-refractivity contribution in [1.29, 1.82) is 0 Å². The highest BCUT2D eigenvalue weighted by Crippen LogP contribution is 2.18. The van der Waals surface area contributed by atoms with Crippen LogP contribution in [0.1, 0.15) is 36.2 Å². The molecule has 1 N–H and O–H groups in total. The summed E-state index contributed by atoms with van der Waals surface area (Å²) in [5, 5.41) is 2.86. The summed E-state index contributed by atoms with van der Waals surface area (Å²) in [6.07, 6.45) is 8.19. The van der Waals surface area contributed by atoms with Crippen LogP contribution in [0, 0.1) is 0 Å². The third kappa shape index (κ3) is 4.47. The number of carbonyl (C=O) groups is 1. The smallest absolute Gasteiger partial charge is 0.275 e. The van der Waals surface area contributed by atoms with Gasteiger partial charge in [0.2, 0.25) is 0 Å². The second kappa shape index (κ2) is 7.96. The molecule has 1 aromatic carbocycles. The van der Waals surface area contributed by atoms with Crippen LogP contribution in [0.25, 0.3) is 0 Å². The molecule has 0 unspecified atom stereocenters. The zero-order chi connectivity index (χ0) is 17.6. The molecule has 1 saturated heterocycles. The molecule has 132 valence electrons. The molecule has 2 aromatic rings. The molecule has 3 rings (SSSR count). The largest absolute Gasteiger partial charge is 0.378 e. The Labute approximate surface area is 148 Å². The molecule has 25 heavy (non-hydrogen) atoms. The van der Waals surface area contributed by atoms with E-state index in [0.717, 1.165) is 30.3 Å². The van der Waals surface area contributed by atoms with Gasteiger partial charge in [0, 0.05) is 38.6 Å². The first-order chi connectivity index (χ1) is 12.1. The van der Waals surface area contributed by atoms with Crippen molar-refractivity contribution in [1.82, 2.24) is 9.97 Å². The van der Waals surface area contributed by atoms with Gasteiger partial charge in [-0.3, -0.25) is 4.79 Å². The zero-order valence-electron chi connectivity index (χ0n) is 14.9. The second-order valence-electron chi connectivity index (χ2n) is 6.56. The van der Waals surface area contributed by atoms with E-state index in [-0.39, 0.29) is 5.91 Å². The molecule has 0 bridgehead atoms. The standard InChI is InChI=1S/C19H25N5O/c1-23(2)16-9-7-15(8-10-16)22-19(25)17-13-21-18(14-20-17)24-11-5-3-4-6-12-24/h7-10,13-14H,3-6,11-12H2,1-2H3,(H,22,25). The van der Waals surface area contributed by atoms with Crippen LogP contribution in [-0.2, 0) is 0 Å². The summed E-state index contributed by atoms with van der Waals surface area (Å²) in [5.41, 5.74) is 2.16. The molecule has 0 radical (unpaired) electrons. The molecule has 1 amide bonds. The van der Waals surface area contributed by atoms with Crippen molar-refractivity contribution in [2.45, 2.75) is 25.7 Å². The van der Waals surface area contributed by atoms with Crippen LogP contribution in [0.15, 0.2) is 36.7 Å². The Kier molecular flexibility index (Phi) is 5.48. The molecular formula is C19H25N5O. The van der Waals surface area contributed by atoms with E-state index >= 15 is 0 Å². The maximum Gasteiger partial charge on any atom is 0.275 e. The summed E-state index contributed by atoms with van der Waals surface area (Å²) in [6, 6.07) is 7.69. The SMILES string of the molecule is CN(C)c1ccc(NC(=O)c2cnc(N3CCCCCC3)cn2)cc1. The predicted molar refractivity (Wildman–Crippen MR) is 101 cm³/mol. The Hall–Kier alpha value is -2.63. The highest BCUT2D eigenvalue weighted by atomic mass is 16.1. The topological polar surface area (TPSA) is 61.4 Å². The Morgan fingerprint density at radius 3 is 2.24 bits per heavy atom.